The molecule has 0 saturated heterocycles. The Balaban J connectivity index is 1.48. The zero-order valence-corrected chi connectivity index (χ0v) is 23.1. The lowest BCUT2D eigenvalue weighted by molar-refractivity contribution is 0.0523. The Kier molecular flexibility index (Phi) is 6.98. The summed E-state index contributed by atoms with van der Waals surface area (Å²) >= 11 is 6.63. The normalized spacial score (nSPS) is 12.8. The first kappa shape index (κ1) is 26.6. The van der Waals surface area contributed by atoms with Gasteiger partial charge >= 0.3 is 11.7 Å². The predicted octanol–water partition coefficient (Wildman–Crippen LogP) is 3.87. The van der Waals surface area contributed by atoms with Crippen molar-refractivity contribution in [2.75, 3.05) is 18.2 Å². The lowest BCUT2D eigenvalue weighted by atomic mass is 9.95. The molecule has 3 aromatic heterocycles. The highest BCUT2D eigenvalue weighted by molar-refractivity contribution is 6.32. The number of carbonyl (C=O) groups is 1. The van der Waals surface area contributed by atoms with Gasteiger partial charge in [0.2, 0.25) is 0 Å². The molecule has 1 aliphatic rings. The molecule has 0 unspecified atom stereocenters. The summed E-state index contributed by atoms with van der Waals surface area (Å²) in [6, 6.07) is 10.5. The van der Waals surface area contributed by atoms with Gasteiger partial charge in [-0.2, -0.15) is 0 Å². The Morgan fingerprint density at radius 3 is 2.67 bits per heavy atom. The van der Waals surface area contributed by atoms with Gasteiger partial charge in [-0.15, -0.1) is 5.10 Å². The lowest BCUT2D eigenvalue weighted by Gasteiger charge is -2.45. The van der Waals surface area contributed by atoms with E-state index in [-0.39, 0.29) is 36.6 Å². The lowest BCUT2D eigenvalue weighted by Crippen LogP contribution is -2.52. The highest BCUT2D eigenvalue weighted by Gasteiger charge is 2.33. The van der Waals surface area contributed by atoms with E-state index in [1.54, 1.807) is 37.5 Å². The first-order valence-electron chi connectivity index (χ1n) is 12.9. The molecule has 0 atom stereocenters. The van der Waals surface area contributed by atoms with E-state index in [9.17, 15) is 14.4 Å². The van der Waals surface area contributed by atoms with Gasteiger partial charge in [0.15, 0.2) is 11.1 Å². The largest absolute Gasteiger partial charge is 0.490 e. The maximum absolute atomic E-state index is 12.9. The fraction of sp³-hybridized carbons (Fsp3) is 0.357. The van der Waals surface area contributed by atoms with Crippen molar-refractivity contribution < 1.29 is 14.3 Å². The third-order valence-electron chi connectivity index (χ3n) is 7.15. The number of hydrogen-bond donors (Lipinski definition) is 0. The molecule has 11 heteroatoms. The number of pyridine rings is 2. The van der Waals surface area contributed by atoms with Gasteiger partial charge in [0, 0.05) is 24.0 Å². The van der Waals surface area contributed by atoms with E-state index >= 15 is 0 Å². The smallest absolute Gasteiger partial charge is 0.350 e. The highest BCUT2D eigenvalue weighted by atomic mass is 35.5. The summed E-state index contributed by atoms with van der Waals surface area (Å²) in [5, 5.41) is 6.81. The van der Waals surface area contributed by atoms with Gasteiger partial charge in [0.1, 0.15) is 17.9 Å². The van der Waals surface area contributed by atoms with E-state index in [0.29, 0.717) is 28.7 Å². The zero-order valence-electron chi connectivity index (χ0n) is 22.3. The second-order valence-corrected chi connectivity index (χ2v) is 10.4. The standard InChI is InChI=1S/C28H30ClN5O5/c1-5-28(3,4)34-16-18-13-24(39-12-11-32-27(37)31-10-8-7-9-25(31)30-32)21(29)14-19(18)22-15-23(35)20(17-33(22)34)26(36)38-6-2/h7-10,13-15,17H,5-6,11-12,16H2,1-4H3. The molecule has 0 N–H and O–H groups in total. The van der Waals surface area contributed by atoms with Crippen molar-refractivity contribution in [1.29, 1.82) is 0 Å². The third kappa shape index (κ3) is 4.80. The molecular formula is C28H30ClN5O5. The van der Waals surface area contributed by atoms with Crippen LogP contribution in [0.15, 0.2) is 58.4 Å². The molecule has 1 aromatic carbocycles. The SMILES string of the molecule is CCOC(=O)c1cn2c(cc1=O)-c1cc(Cl)c(OCCn3nc4ccccn4c3=O)cc1CN2C(C)(C)CC. The van der Waals surface area contributed by atoms with Gasteiger partial charge in [-0.05, 0) is 57.0 Å². The summed E-state index contributed by atoms with van der Waals surface area (Å²) in [4.78, 5) is 38.0. The number of rotatable bonds is 8. The molecule has 0 fully saturated rings. The fourth-order valence-corrected chi connectivity index (χ4v) is 4.86. The van der Waals surface area contributed by atoms with Crippen LogP contribution in [0.1, 0.15) is 50.0 Å². The quantitative estimate of drug-likeness (QED) is 0.306. The van der Waals surface area contributed by atoms with Crippen LogP contribution in [-0.4, -0.2) is 43.6 Å². The number of benzene rings is 1. The molecule has 4 aromatic rings. The van der Waals surface area contributed by atoms with E-state index in [4.69, 9.17) is 21.1 Å². The molecule has 0 saturated carbocycles. The minimum Gasteiger partial charge on any atom is -0.490 e. The van der Waals surface area contributed by atoms with E-state index in [0.717, 1.165) is 17.5 Å². The number of nitrogens with zero attached hydrogens (tertiary/aromatic N) is 5. The first-order chi connectivity index (χ1) is 18.6. The van der Waals surface area contributed by atoms with Gasteiger partial charge in [-0.1, -0.05) is 24.6 Å². The topological polar surface area (TPSA) is 100 Å². The van der Waals surface area contributed by atoms with Crippen LogP contribution in [0.4, 0.5) is 0 Å². The molecule has 0 radical (unpaired) electrons. The summed E-state index contributed by atoms with van der Waals surface area (Å²) in [7, 11) is 0. The van der Waals surface area contributed by atoms with Crippen LogP contribution in [0.25, 0.3) is 16.9 Å². The molecule has 0 bridgehead atoms. The minimum absolute atomic E-state index is 0.0193. The second-order valence-electron chi connectivity index (χ2n) is 9.95. The number of fused-ring (bicyclic) bond motifs is 4. The molecule has 10 nitrogen and oxygen atoms in total. The van der Waals surface area contributed by atoms with Crippen LogP contribution in [0.3, 0.4) is 0 Å². The van der Waals surface area contributed by atoms with Gasteiger partial charge < -0.3 is 14.5 Å². The van der Waals surface area contributed by atoms with Gasteiger partial charge in [0.05, 0.1) is 36.0 Å². The van der Waals surface area contributed by atoms with Crippen LogP contribution < -0.4 is 20.9 Å². The molecule has 0 spiro atoms. The Labute approximate surface area is 229 Å². The molecule has 4 heterocycles. The molecule has 1 aliphatic heterocycles. The number of halogens is 1. The number of carbonyl (C=O) groups excluding carboxylic acids is 1. The molecular weight excluding hydrogens is 522 g/mol. The zero-order chi connectivity index (χ0) is 27.9. The van der Waals surface area contributed by atoms with E-state index in [2.05, 4.69) is 30.9 Å². The van der Waals surface area contributed by atoms with Gasteiger partial charge in [0.25, 0.3) is 0 Å². The third-order valence-corrected chi connectivity index (χ3v) is 7.45. The summed E-state index contributed by atoms with van der Waals surface area (Å²) in [5.41, 5.74) is 1.90. The van der Waals surface area contributed by atoms with Crippen molar-refractivity contribution in [3.05, 3.63) is 85.6 Å². The molecule has 5 rings (SSSR count). The van der Waals surface area contributed by atoms with Crippen molar-refractivity contribution in [2.45, 2.75) is 52.7 Å². The van der Waals surface area contributed by atoms with Crippen molar-refractivity contribution in [3.63, 3.8) is 0 Å². The Hall–Kier alpha value is -4.05. The molecule has 0 amide bonds. The molecule has 0 aliphatic carbocycles. The number of hydrogen-bond acceptors (Lipinski definition) is 7. The van der Waals surface area contributed by atoms with Gasteiger partial charge in [-0.3, -0.25) is 13.9 Å². The van der Waals surface area contributed by atoms with Crippen molar-refractivity contribution in [1.82, 2.24) is 18.9 Å². The van der Waals surface area contributed by atoms with Crippen LogP contribution in [0.5, 0.6) is 5.75 Å². The number of esters is 1. The van der Waals surface area contributed by atoms with E-state index in [1.165, 1.54) is 15.1 Å². The fourth-order valence-electron chi connectivity index (χ4n) is 4.64. The Morgan fingerprint density at radius 2 is 1.95 bits per heavy atom. The summed E-state index contributed by atoms with van der Waals surface area (Å²) in [6.07, 6.45) is 4.04. The summed E-state index contributed by atoms with van der Waals surface area (Å²) < 4.78 is 15.8. The van der Waals surface area contributed by atoms with E-state index in [1.807, 2.05) is 16.8 Å². The van der Waals surface area contributed by atoms with Crippen molar-refractivity contribution >= 4 is 23.2 Å². The van der Waals surface area contributed by atoms with E-state index < -0.39 is 11.4 Å². The number of ether oxygens (including phenoxy) is 2. The van der Waals surface area contributed by atoms with Gasteiger partial charge in [-0.25, -0.2) is 14.3 Å². The summed E-state index contributed by atoms with van der Waals surface area (Å²) in [6.45, 7) is 9.09. The van der Waals surface area contributed by atoms with Crippen molar-refractivity contribution in [3.8, 4) is 17.0 Å². The first-order valence-corrected chi connectivity index (χ1v) is 13.2. The predicted molar refractivity (Wildman–Crippen MR) is 148 cm³/mol. The van der Waals surface area contributed by atoms with Crippen LogP contribution in [-0.2, 0) is 17.8 Å². The Bertz CT molecular complexity index is 1690. The average Bonchev–Trinajstić information content (AvgIpc) is 3.23. The van der Waals surface area contributed by atoms with Crippen LogP contribution in [0.2, 0.25) is 5.02 Å². The monoisotopic (exact) mass is 551 g/mol. The van der Waals surface area contributed by atoms with Crippen LogP contribution >= 0.6 is 11.6 Å². The average molecular weight is 552 g/mol. The molecule has 39 heavy (non-hydrogen) atoms. The minimum atomic E-state index is -0.649. The summed E-state index contributed by atoms with van der Waals surface area (Å²) in [5.74, 6) is -0.176. The number of aromatic nitrogens is 4. The van der Waals surface area contributed by atoms with Crippen molar-refractivity contribution in [2.24, 2.45) is 0 Å². The Morgan fingerprint density at radius 1 is 1.15 bits per heavy atom. The highest BCUT2D eigenvalue weighted by Crippen LogP contribution is 2.39. The molecule has 204 valence electrons. The maximum atomic E-state index is 12.9. The maximum Gasteiger partial charge on any atom is 0.350 e. The second kappa shape index (κ2) is 10.3. The van der Waals surface area contributed by atoms with Crippen LogP contribution in [0, 0.1) is 0 Å².